The zero-order valence-corrected chi connectivity index (χ0v) is 45.8. The summed E-state index contributed by atoms with van der Waals surface area (Å²) in [6, 6.07) is 0. The Labute approximate surface area is 446 Å². The number of aliphatic hydroxyl groups excluding tert-OH is 7. The topological polar surface area (TPSA) is 231 Å². The molecule has 7 N–H and O–H groups in total. The number of allylic oxidation sites excluding steroid dienone is 8. The molecule has 2 heterocycles. The van der Waals surface area contributed by atoms with Crippen LogP contribution >= 0.6 is 0 Å². The maximum Gasteiger partial charge on any atom is 0.306 e. The Hall–Kier alpha value is -2.54. The summed E-state index contributed by atoms with van der Waals surface area (Å²) in [4.78, 5) is 25.9. The van der Waals surface area contributed by atoms with Crippen LogP contribution in [0.25, 0.3) is 0 Å². The Morgan fingerprint density at radius 2 is 0.824 bits per heavy atom. The summed E-state index contributed by atoms with van der Waals surface area (Å²) in [5, 5.41) is 72.3. The fourth-order valence-electron chi connectivity index (χ4n) is 9.03. The maximum absolute atomic E-state index is 13.0. The molecule has 0 radical (unpaired) electrons. The lowest BCUT2D eigenvalue weighted by atomic mass is 9.98. The summed E-state index contributed by atoms with van der Waals surface area (Å²) in [6.07, 6.45) is 35.7. The highest BCUT2D eigenvalue weighted by Crippen LogP contribution is 2.27. The van der Waals surface area contributed by atoms with Crippen molar-refractivity contribution in [2.45, 2.75) is 287 Å². The minimum atomic E-state index is -1.78. The van der Waals surface area contributed by atoms with Crippen LogP contribution in [0.2, 0.25) is 0 Å². The van der Waals surface area contributed by atoms with Gasteiger partial charge < -0.3 is 64.2 Å². The van der Waals surface area contributed by atoms with Crippen LogP contribution in [0.15, 0.2) is 48.6 Å². The molecular weight excluding hydrogens is 949 g/mol. The molecule has 0 saturated carbocycles. The molecule has 15 heteroatoms. The molecule has 0 aliphatic carbocycles. The van der Waals surface area contributed by atoms with Crippen molar-refractivity contribution in [2.24, 2.45) is 0 Å². The van der Waals surface area contributed by atoms with Gasteiger partial charge in [-0.15, -0.1) is 0 Å². The van der Waals surface area contributed by atoms with E-state index in [4.69, 9.17) is 28.4 Å². The average molecular weight is 1050 g/mol. The highest BCUT2D eigenvalue weighted by Gasteiger charge is 2.47. The normalized spacial score (nSPS) is 25.0. The number of hydrogen-bond acceptors (Lipinski definition) is 15. The molecule has 0 bridgehead atoms. The van der Waals surface area contributed by atoms with Crippen LogP contribution in [-0.4, -0.2) is 142 Å². The Morgan fingerprint density at radius 1 is 0.432 bits per heavy atom. The van der Waals surface area contributed by atoms with Crippen LogP contribution in [0.1, 0.15) is 219 Å². The summed E-state index contributed by atoms with van der Waals surface area (Å²) in [7, 11) is 0. The second-order valence-electron chi connectivity index (χ2n) is 20.5. The van der Waals surface area contributed by atoms with E-state index in [1.807, 2.05) is 6.08 Å². The second kappa shape index (κ2) is 45.5. The van der Waals surface area contributed by atoms with E-state index in [1.165, 1.54) is 128 Å². The Bertz CT molecular complexity index is 1470. The quantitative estimate of drug-likeness (QED) is 0.0171. The van der Waals surface area contributed by atoms with Crippen LogP contribution in [0.3, 0.4) is 0 Å². The molecular formula is C59H104O15. The van der Waals surface area contributed by atoms with E-state index in [9.17, 15) is 45.3 Å². The molecule has 2 fully saturated rings. The van der Waals surface area contributed by atoms with Crippen LogP contribution in [0.4, 0.5) is 0 Å². The molecule has 0 spiro atoms. The fourth-order valence-corrected chi connectivity index (χ4v) is 9.03. The SMILES string of the molecule is CCCCCCCCC/C=C/C/C=C/C/C=C/C/C=C/CCCC(=O)O[C@H](COC(=O)CCCCCCCCCCCCCCCCCCC)CO[C@H]1O[C@@H](CO[C@H]2O[C@@H](CO)[C@@H](O)C(O)C2O)[C@@H](O)C(O)C1O. The summed E-state index contributed by atoms with van der Waals surface area (Å²) in [6.45, 7) is 2.56. The van der Waals surface area contributed by atoms with Gasteiger partial charge in [0.25, 0.3) is 0 Å². The first-order valence-corrected chi connectivity index (χ1v) is 29.2. The Balaban J connectivity index is 1.79. The van der Waals surface area contributed by atoms with E-state index in [1.54, 1.807) is 0 Å². The summed E-state index contributed by atoms with van der Waals surface area (Å²) < 4.78 is 33.6. The van der Waals surface area contributed by atoms with Crippen molar-refractivity contribution in [3.05, 3.63) is 48.6 Å². The molecule has 0 aromatic carbocycles. The summed E-state index contributed by atoms with van der Waals surface area (Å²) in [5.41, 5.74) is 0. The number of ether oxygens (including phenoxy) is 6. The van der Waals surface area contributed by atoms with Crippen molar-refractivity contribution in [1.82, 2.24) is 0 Å². The van der Waals surface area contributed by atoms with Crippen molar-refractivity contribution in [3.63, 3.8) is 0 Å². The molecule has 2 rings (SSSR count). The molecule has 74 heavy (non-hydrogen) atoms. The predicted molar refractivity (Wildman–Crippen MR) is 289 cm³/mol. The molecule has 11 atom stereocenters. The molecule has 15 nitrogen and oxygen atoms in total. The summed E-state index contributed by atoms with van der Waals surface area (Å²) in [5.74, 6) is -0.983. The van der Waals surface area contributed by atoms with Gasteiger partial charge in [-0.05, 0) is 51.4 Å². The molecule has 2 aliphatic rings. The number of rotatable bonds is 46. The first kappa shape index (κ1) is 67.6. The third kappa shape index (κ3) is 32.3. The average Bonchev–Trinajstić information content (AvgIpc) is 3.39. The van der Waals surface area contributed by atoms with Crippen molar-refractivity contribution < 1.29 is 73.8 Å². The standard InChI is InChI=1S/C59H104O15/c1-3-5-7-9-11-13-15-17-19-21-22-23-24-26-28-30-32-34-36-38-40-42-51(62)72-47(44-69-50(61)41-39-37-35-33-31-29-27-25-20-18-16-14-12-10-8-6-4-2)45-70-58-57(68)55(66)53(64)49(74-58)46-71-59-56(67)54(65)52(63)48(43-60)73-59/h19,21,23-24,28,30,34,36,47-49,52-60,63-68H,3-18,20,22,25-27,29,31-33,35,37-46H2,1-2H3/b21-19+,24-23+,30-28+,36-34+/t47-,48+,49+,52-,53-,54?,55?,56?,57?,58+,59+/m1/s1. The van der Waals surface area contributed by atoms with E-state index in [2.05, 4.69) is 56.4 Å². The zero-order valence-electron chi connectivity index (χ0n) is 45.8. The number of aliphatic hydroxyl groups is 7. The number of carbonyl (C=O) groups is 2. The van der Waals surface area contributed by atoms with Crippen molar-refractivity contribution in [3.8, 4) is 0 Å². The minimum absolute atomic E-state index is 0.0903. The van der Waals surface area contributed by atoms with Gasteiger partial charge in [0.2, 0.25) is 0 Å². The van der Waals surface area contributed by atoms with E-state index < -0.39 is 99.3 Å². The Kier molecular flexibility index (Phi) is 41.5. The lowest BCUT2D eigenvalue weighted by molar-refractivity contribution is -0.332. The fraction of sp³-hybridized carbons (Fsp3) is 0.831. The van der Waals surface area contributed by atoms with Gasteiger partial charge in [-0.25, -0.2) is 0 Å². The van der Waals surface area contributed by atoms with Crippen molar-refractivity contribution >= 4 is 11.9 Å². The molecule has 2 aliphatic heterocycles. The molecule has 0 aromatic rings. The van der Waals surface area contributed by atoms with E-state index in [-0.39, 0.29) is 19.4 Å². The highest BCUT2D eigenvalue weighted by molar-refractivity contribution is 5.70. The highest BCUT2D eigenvalue weighted by atomic mass is 16.7. The van der Waals surface area contributed by atoms with Crippen molar-refractivity contribution in [2.75, 3.05) is 26.4 Å². The van der Waals surface area contributed by atoms with Gasteiger partial charge in [0, 0.05) is 12.8 Å². The molecule has 0 amide bonds. The third-order valence-corrected chi connectivity index (χ3v) is 13.8. The van der Waals surface area contributed by atoms with Gasteiger partial charge in [-0.1, -0.05) is 204 Å². The minimum Gasteiger partial charge on any atom is -0.462 e. The molecule has 430 valence electrons. The number of unbranched alkanes of at least 4 members (excludes halogenated alkanes) is 24. The lowest BCUT2D eigenvalue weighted by Gasteiger charge is -2.42. The second-order valence-corrected chi connectivity index (χ2v) is 20.5. The van der Waals surface area contributed by atoms with Crippen LogP contribution in [-0.2, 0) is 38.0 Å². The molecule has 4 unspecified atom stereocenters. The van der Waals surface area contributed by atoms with Crippen LogP contribution in [0, 0.1) is 0 Å². The van der Waals surface area contributed by atoms with E-state index in [0.29, 0.717) is 19.3 Å². The van der Waals surface area contributed by atoms with Gasteiger partial charge in [0.1, 0.15) is 55.4 Å². The van der Waals surface area contributed by atoms with Crippen molar-refractivity contribution in [1.29, 1.82) is 0 Å². The summed E-state index contributed by atoms with van der Waals surface area (Å²) >= 11 is 0. The van der Waals surface area contributed by atoms with E-state index in [0.717, 1.165) is 44.9 Å². The van der Waals surface area contributed by atoms with Crippen LogP contribution in [0.5, 0.6) is 0 Å². The van der Waals surface area contributed by atoms with Crippen LogP contribution < -0.4 is 0 Å². The van der Waals surface area contributed by atoms with E-state index >= 15 is 0 Å². The number of carbonyl (C=O) groups excluding carboxylic acids is 2. The number of hydrogen-bond donors (Lipinski definition) is 7. The van der Waals surface area contributed by atoms with Gasteiger partial charge >= 0.3 is 11.9 Å². The lowest BCUT2D eigenvalue weighted by Crippen LogP contribution is -2.61. The first-order chi connectivity index (χ1) is 36.0. The molecule has 0 aromatic heterocycles. The Morgan fingerprint density at radius 3 is 1.31 bits per heavy atom. The monoisotopic (exact) mass is 1050 g/mol. The largest absolute Gasteiger partial charge is 0.462 e. The van der Waals surface area contributed by atoms with Gasteiger partial charge in [-0.2, -0.15) is 0 Å². The third-order valence-electron chi connectivity index (χ3n) is 13.8. The smallest absolute Gasteiger partial charge is 0.306 e. The van der Waals surface area contributed by atoms with Gasteiger partial charge in [-0.3, -0.25) is 9.59 Å². The first-order valence-electron chi connectivity index (χ1n) is 29.2. The van der Waals surface area contributed by atoms with Gasteiger partial charge in [0.15, 0.2) is 18.7 Å². The zero-order chi connectivity index (χ0) is 53.9. The maximum atomic E-state index is 13.0. The molecule has 2 saturated heterocycles. The number of esters is 2. The predicted octanol–water partition coefficient (Wildman–Crippen LogP) is 9.83. The van der Waals surface area contributed by atoms with Gasteiger partial charge in [0.05, 0.1) is 19.8 Å².